The number of hydrogen-bond donors (Lipinski definition) is 1. The Morgan fingerprint density at radius 3 is 3.08 bits per heavy atom. The van der Waals surface area contributed by atoms with E-state index < -0.39 is 0 Å². The van der Waals surface area contributed by atoms with Crippen molar-refractivity contribution >= 4 is 5.97 Å². The topological polar surface area (TPSA) is 41.6 Å². The molecule has 2 aliphatic rings. The lowest BCUT2D eigenvalue weighted by atomic mass is 10.1. The minimum Gasteiger partial charge on any atom is -0.464 e. The van der Waals surface area contributed by atoms with Gasteiger partial charge >= 0.3 is 5.97 Å². The molecule has 2 unspecified atom stereocenters. The highest BCUT2D eigenvalue weighted by Gasteiger charge is 2.35. The second-order valence-corrected chi connectivity index (χ2v) is 3.76. The molecule has 4 heteroatoms. The fourth-order valence-corrected chi connectivity index (χ4v) is 2.11. The van der Waals surface area contributed by atoms with Crippen LogP contribution in [-0.4, -0.2) is 49.2 Å². The Bertz CT molecular complexity index is 208. The van der Waals surface area contributed by atoms with Gasteiger partial charge in [0.15, 0.2) is 0 Å². The lowest BCUT2D eigenvalue weighted by Crippen LogP contribution is -2.55. The van der Waals surface area contributed by atoms with Crippen LogP contribution in [0.2, 0.25) is 0 Å². The molecule has 0 amide bonds. The molecule has 4 nitrogen and oxygen atoms in total. The SMILES string of the molecule is CC1CNCCN1C1CCOC1=O. The number of nitrogens with zero attached hydrogens (tertiary/aromatic N) is 1. The molecule has 2 saturated heterocycles. The molecule has 0 aliphatic carbocycles. The Labute approximate surface area is 78.2 Å². The highest BCUT2D eigenvalue weighted by atomic mass is 16.5. The average Bonchev–Trinajstić information content (AvgIpc) is 2.52. The van der Waals surface area contributed by atoms with Crippen LogP contribution in [0.4, 0.5) is 0 Å². The van der Waals surface area contributed by atoms with Gasteiger partial charge in [-0.1, -0.05) is 0 Å². The summed E-state index contributed by atoms with van der Waals surface area (Å²) in [5.41, 5.74) is 0. The third kappa shape index (κ3) is 1.69. The molecule has 1 N–H and O–H groups in total. The summed E-state index contributed by atoms with van der Waals surface area (Å²) >= 11 is 0. The van der Waals surface area contributed by atoms with Crippen LogP contribution in [0.3, 0.4) is 0 Å². The van der Waals surface area contributed by atoms with Gasteiger partial charge in [-0.3, -0.25) is 9.69 Å². The van der Waals surface area contributed by atoms with Gasteiger partial charge in [0.2, 0.25) is 0 Å². The Hall–Kier alpha value is -0.610. The maximum Gasteiger partial charge on any atom is 0.323 e. The third-order valence-electron chi connectivity index (χ3n) is 2.86. The number of piperazine rings is 1. The fourth-order valence-electron chi connectivity index (χ4n) is 2.11. The molecular weight excluding hydrogens is 168 g/mol. The van der Waals surface area contributed by atoms with Crippen molar-refractivity contribution in [2.24, 2.45) is 0 Å². The van der Waals surface area contributed by atoms with E-state index in [2.05, 4.69) is 17.1 Å². The summed E-state index contributed by atoms with van der Waals surface area (Å²) in [6.07, 6.45) is 0.864. The van der Waals surface area contributed by atoms with Crippen molar-refractivity contribution in [3.05, 3.63) is 0 Å². The van der Waals surface area contributed by atoms with Crippen LogP contribution in [-0.2, 0) is 9.53 Å². The van der Waals surface area contributed by atoms with Gasteiger partial charge in [0, 0.05) is 32.1 Å². The number of esters is 1. The summed E-state index contributed by atoms with van der Waals surface area (Å²) in [4.78, 5) is 13.6. The minimum absolute atomic E-state index is 0.0251. The van der Waals surface area contributed by atoms with Crippen molar-refractivity contribution < 1.29 is 9.53 Å². The zero-order valence-electron chi connectivity index (χ0n) is 7.95. The molecule has 0 spiro atoms. The van der Waals surface area contributed by atoms with Crippen LogP contribution >= 0.6 is 0 Å². The molecule has 0 radical (unpaired) electrons. The molecule has 74 valence electrons. The summed E-state index contributed by atoms with van der Waals surface area (Å²) in [6.45, 7) is 5.66. The van der Waals surface area contributed by atoms with Gasteiger partial charge in [-0.2, -0.15) is 0 Å². The van der Waals surface area contributed by atoms with E-state index in [0.29, 0.717) is 12.6 Å². The Balaban J connectivity index is 2.01. The molecule has 0 saturated carbocycles. The maximum absolute atomic E-state index is 11.3. The summed E-state index contributed by atoms with van der Waals surface area (Å²) in [5, 5.41) is 3.31. The van der Waals surface area contributed by atoms with Crippen LogP contribution in [0.25, 0.3) is 0 Å². The third-order valence-corrected chi connectivity index (χ3v) is 2.86. The van der Waals surface area contributed by atoms with E-state index in [1.54, 1.807) is 0 Å². The molecule has 0 bridgehead atoms. The van der Waals surface area contributed by atoms with E-state index in [-0.39, 0.29) is 12.0 Å². The summed E-state index contributed by atoms with van der Waals surface area (Å²) in [5.74, 6) is -0.0336. The Morgan fingerprint density at radius 2 is 2.46 bits per heavy atom. The zero-order valence-corrected chi connectivity index (χ0v) is 7.95. The lowest BCUT2D eigenvalue weighted by molar-refractivity contribution is -0.143. The lowest BCUT2D eigenvalue weighted by Gasteiger charge is -2.36. The highest BCUT2D eigenvalue weighted by Crippen LogP contribution is 2.17. The number of cyclic esters (lactones) is 1. The number of ether oxygens (including phenoxy) is 1. The minimum atomic E-state index is -0.0336. The largest absolute Gasteiger partial charge is 0.464 e. The van der Waals surface area contributed by atoms with Crippen molar-refractivity contribution in [3.63, 3.8) is 0 Å². The van der Waals surface area contributed by atoms with Gasteiger partial charge in [-0.05, 0) is 6.92 Å². The predicted octanol–water partition coefficient (Wildman–Crippen LogP) is -0.404. The zero-order chi connectivity index (χ0) is 9.26. The van der Waals surface area contributed by atoms with Crippen LogP contribution in [0, 0.1) is 0 Å². The number of rotatable bonds is 1. The number of carbonyl (C=O) groups excluding carboxylic acids is 1. The molecule has 2 fully saturated rings. The van der Waals surface area contributed by atoms with Crippen LogP contribution in [0.5, 0.6) is 0 Å². The molecule has 2 rings (SSSR count). The second-order valence-electron chi connectivity index (χ2n) is 3.76. The fraction of sp³-hybridized carbons (Fsp3) is 0.889. The van der Waals surface area contributed by atoms with E-state index in [1.807, 2.05) is 0 Å². The first kappa shape index (κ1) is 8.97. The normalized spacial score (nSPS) is 36.2. The molecule has 2 heterocycles. The summed E-state index contributed by atoms with van der Waals surface area (Å²) in [6, 6.07) is 0.474. The van der Waals surface area contributed by atoms with Crippen LogP contribution < -0.4 is 5.32 Å². The van der Waals surface area contributed by atoms with E-state index >= 15 is 0 Å². The van der Waals surface area contributed by atoms with Gasteiger partial charge in [0.25, 0.3) is 0 Å². The highest BCUT2D eigenvalue weighted by molar-refractivity contribution is 5.77. The first-order chi connectivity index (χ1) is 6.29. The molecule has 13 heavy (non-hydrogen) atoms. The van der Waals surface area contributed by atoms with Gasteiger partial charge in [-0.25, -0.2) is 0 Å². The molecule has 2 atom stereocenters. The van der Waals surface area contributed by atoms with Gasteiger partial charge in [-0.15, -0.1) is 0 Å². The van der Waals surface area contributed by atoms with E-state index in [4.69, 9.17) is 4.74 Å². The van der Waals surface area contributed by atoms with Crippen molar-refractivity contribution in [1.29, 1.82) is 0 Å². The predicted molar refractivity (Wildman–Crippen MR) is 48.4 cm³/mol. The van der Waals surface area contributed by atoms with Crippen molar-refractivity contribution in [2.75, 3.05) is 26.2 Å². The maximum atomic E-state index is 11.3. The smallest absolute Gasteiger partial charge is 0.323 e. The molecular formula is C9H16N2O2. The molecule has 0 aromatic rings. The second kappa shape index (κ2) is 3.64. The Morgan fingerprint density at radius 1 is 1.62 bits per heavy atom. The molecule has 0 aromatic carbocycles. The van der Waals surface area contributed by atoms with Gasteiger partial charge in [0.1, 0.15) is 6.04 Å². The van der Waals surface area contributed by atoms with Crippen LogP contribution in [0.1, 0.15) is 13.3 Å². The Kier molecular flexibility index (Phi) is 2.51. The van der Waals surface area contributed by atoms with Crippen molar-refractivity contribution in [3.8, 4) is 0 Å². The standard InChI is InChI=1S/C9H16N2O2/c1-7-6-10-3-4-11(7)8-2-5-13-9(8)12/h7-8,10H,2-6H2,1H3. The van der Waals surface area contributed by atoms with Gasteiger partial charge < -0.3 is 10.1 Å². The van der Waals surface area contributed by atoms with E-state index in [1.165, 1.54) is 0 Å². The quantitative estimate of drug-likeness (QED) is 0.563. The first-order valence-corrected chi connectivity index (χ1v) is 4.92. The number of hydrogen-bond acceptors (Lipinski definition) is 4. The van der Waals surface area contributed by atoms with E-state index in [0.717, 1.165) is 26.1 Å². The number of carbonyl (C=O) groups is 1. The molecule has 0 aromatic heterocycles. The summed E-state index contributed by atoms with van der Waals surface area (Å²) < 4.78 is 4.97. The number of nitrogens with one attached hydrogen (secondary N) is 1. The van der Waals surface area contributed by atoms with Gasteiger partial charge in [0.05, 0.1) is 6.61 Å². The first-order valence-electron chi connectivity index (χ1n) is 4.92. The molecule has 2 aliphatic heterocycles. The van der Waals surface area contributed by atoms with Crippen molar-refractivity contribution in [1.82, 2.24) is 10.2 Å². The van der Waals surface area contributed by atoms with E-state index in [9.17, 15) is 4.79 Å². The summed E-state index contributed by atoms with van der Waals surface area (Å²) in [7, 11) is 0. The van der Waals surface area contributed by atoms with Crippen molar-refractivity contribution in [2.45, 2.75) is 25.4 Å². The average molecular weight is 184 g/mol. The monoisotopic (exact) mass is 184 g/mol. The van der Waals surface area contributed by atoms with Crippen LogP contribution in [0.15, 0.2) is 0 Å².